The largest absolute Gasteiger partial charge is 0.417 e. The third-order valence-corrected chi connectivity index (χ3v) is 7.43. The van der Waals surface area contributed by atoms with Gasteiger partial charge in [0.05, 0.1) is 23.1 Å². The number of anilines is 1. The van der Waals surface area contributed by atoms with Gasteiger partial charge in [0.15, 0.2) is 0 Å². The van der Waals surface area contributed by atoms with Gasteiger partial charge in [0.2, 0.25) is 5.91 Å². The summed E-state index contributed by atoms with van der Waals surface area (Å²) < 4.78 is 40.6. The van der Waals surface area contributed by atoms with Crippen LogP contribution in [0.5, 0.6) is 0 Å². The second-order valence-electron chi connectivity index (χ2n) is 9.36. The molecule has 184 valence electrons. The van der Waals surface area contributed by atoms with Crippen molar-refractivity contribution < 1.29 is 22.8 Å². The molecule has 0 bridgehead atoms. The van der Waals surface area contributed by atoms with E-state index < -0.39 is 28.6 Å². The van der Waals surface area contributed by atoms with Gasteiger partial charge >= 0.3 is 6.18 Å². The molecule has 35 heavy (non-hydrogen) atoms. The fourth-order valence-corrected chi connectivity index (χ4v) is 5.41. The van der Waals surface area contributed by atoms with Crippen molar-refractivity contribution in [2.75, 3.05) is 38.1 Å². The standard InChI is InChI=1S/C26H27F3N4O2/c1-17-5-3-4-6-20(17)24(35)32-11-9-25(10-12-32)16-33(15-22(25)23(34)31-2)19-8-7-18(14-30)21(13-19)26(27,28)29/h3-8,13,22H,9-12,15-16H2,1-2H3,(H,31,34). The molecule has 2 heterocycles. The van der Waals surface area contributed by atoms with Gasteiger partial charge in [0, 0.05) is 49.9 Å². The number of rotatable bonds is 3. The number of benzene rings is 2. The molecule has 2 amide bonds. The van der Waals surface area contributed by atoms with Crippen molar-refractivity contribution in [1.29, 1.82) is 5.26 Å². The van der Waals surface area contributed by atoms with E-state index in [0.29, 0.717) is 43.7 Å². The molecule has 2 saturated heterocycles. The Bertz CT molecular complexity index is 1180. The van der Waals surface area contributed by atoms with Crippen LogP contribution in [0.15, 0.2) is 42.5 Å². The van der Waals surface area contributed by atoms with E-state index in [2.05, 4.69) is 5.32 Å². The summed E-state index contributed by atoms with van der Waals surface area (Å²) >= 11 is 0. The number of carbonyl (C=O) groups is 2. The van der Waals surface area contributed by atoms with E-state index in [9.17, 15) is 22.8 Å². The van der Waals surface area contributed by atoms with Crippen molar-refractivity contribution in [3.05, 3.63) is 64.7 Å². The molecule has 2 aromatic carbocycles. The summed E-state index contributed by atoms with van der Waals surface area (Å²) in [5.74, 6) is -0.629. The van der Waals surface area contributed by atoms with Crippen LogP contribution in [0.1, 0.15) is 39.9 Å². The summed E-state index contributed by atoms with van der Waals surface area (Å²) in [5, 5.41) is 11.8. The normalized spacial score (nSPS) is 19.5. The predicted molar refractivity (Wildman–Crippen MR) is 125 cm³/mol. The molecule has 1 spiro atoms. The first-order chi connectivity index (χ1) is 16.6. The molecular formula is C26H27F3N4O2. The molecule has 2 aliphatic heterocycles. The van der Waals surface area contributed by atoms with E-state index in [1.807, 2.05) is 25.1 Å². The van der Waals surface area contributed by atoms with Crippen molar-refractivity contribution in [3.63, 3.8) is 0 Å². The Morgan fingerprint density at radius 1 is 1.14 bits per heavy atom. The zero-order valence-electron chi connectivity index (χ0n) is 19.7. The van der Waals surface area contributed by atoms with Crippen molar-refractivity contribution in [2.45, 2.75) is 25.9 Å². The van der Waals surface area contributed by atoms with Crippen LogP contribution in [-0.2, 0) is 11.0 Å². The van der Waals surface area contributed by atoms with Gasteiger partial charge in [-0.2, -0.15) is 18.4 Å². The molecule has 4 rings (SSSR count). The lowest BCUT2D eigenvalue weighted by Crippen LogP contribution is -2.49. The highest BCUT2D eigenvalue weighted by atomic mass is 19.4. The number of hydrogen-bond donors (Lipinski definition) is 1. The van der Waals surface area contributed by atoms with Crippen molar-refractivity contribution >= 4 is 17.5 Å². The number of nitriles is 1. The van der Waals surface area contributed by atoms with E-state index >= 15 is 0 Å². The highest BCUT2D eigenvalue weighted by Crippen LogP contribution is 2.47. The van der Waals surface area contributed by atoms with Crippen LogP contribution in [-0.4, -0.2) is 49.9 Å². The highest BCUT2D eigenvalue weighted by molar-refractivity contribution is 5.95. The summed E-state index contributed by atoms with van der Waals surface area (Å²) in [5.41, 5.74) is 0.00986. The predicted octanol–water partition coefficient (Wildman–Crippen LogP) is 3.99. The first-order valence-corrected chi connectivity index (χ1v) is 11.5. The number of piperidine rings is 1. The maximum Gasteiger partial charge on any atom is 0.417 e. The quantitative estimate of drug-likeness (QED) is 0.715. The molecule has 0 radical (unpaired) electrons. The van der Waals surface area contributed by atoms with E-state index in [1.54, 1.807) is 29.0 Å². The average molecular weight is 485 g/mol. The topological polar surface area (TPSA) is 76.4 Å². The van der Waals surface area contributed by atoms with Gasteiger partial charge in [0.25, 0.3) is 5.91 Å². The number of hydrogen-bond acceptors (Lipinski definition) is 4. The third-order valence-electron chi connectivity index (χ3n) is 7.43. The molecule has 0 saturated carbocycles. The van der Waals surface area contributed by atoms with Crippen molar-refractivity contribution in [1.82, 2.24) is 10.2 Å². The Balaban J connectivity index is 1.58. The van der Waals surface area contributed by atoms with E-state index in [0.717, 1.165) is 11.6 Å². The average Bonchev–Trinajstić information content (AvgIpc) is 3.21. The Hall–Kier alpha value is -3.54. The summed E-state index contributed by atoms with van der Waals surface area (Å²) in [6.07, 6.45) is -3.51. The van der Waals surface area contributed by atoms with E-state index in [-0.39, 0.29) is 18.4 Å². The molecule has 2 aliphatic rings. The Labute approximate surface area is 202 Å². The number of aryl methyl sites for hydroxylation is 1. The number of nitrogens with one attached hydrogen (secondary N) is 1. The van der Waals surface area contributed by atoms with E-state index in [1.165, 1.54) is 12.1 Å². The molecule has 1 atom stereocenters. The van der Waals surface area contributed by atoms with Crippen molar-refractivity contribution in [3.8, 4) is 6.07 Å². The summed E-state index contributed by atoms with van der Waals surface area (Å²) in [6.45, 7) is 3.50. The lowest BCUT2D eigenvalue weighted by atomic mass is 9.70. The third kappa shape index (κ3) is 4.57. The van der Waals surface area contributed by atoms with Crippen LogP contribution >= 0.6 is 0 Å². The smallest absolute Gasteiger partial charge is 0.370 e. The minimum atomic E-state index is -4.65. The summed E-state index contributed by atoms with van der Waals surface area (Å²) in [4.78, 5) is 29.5. The van der Waals surface area contributed by atoms with Gasteiger partial charge in [-0.3, -0.25) is 9.59 Å². The van der Waals surface area contributed by atoms with Crippen LogP contribution < -0.4 is 10.2 Å². The Morgan fingerprint density at radius 2 is 1.83 bits per heavy atom. The first kappa shape index (κ1) is 24.6. The first-order valence-electron chi connectivity index (χ1n) is 11.5. The number of halogens is 3. The number of alkyl halides is 3. The van der Waals surface area contributed by atoms with Gasteiger partial charge < -0.3 is 15.1 Å². The Kier molecular flexibility index (Phi) is 6.50. The maximum absolute atomic E-state index is 13.5. The molecule has 1 unspecified atom stereocenters. The summed E-state index contributed by atoms with van der Waals surface area (Å²) in [7, 11) is 1.55. The maximum atomic E-state index is 13.5. The molecular weight excluding hydrogens is 457 g/mol. The summed E-state index contributed by atoms with van der Waals surface area (Å²) in [6, 6.07) is 12.7. The second kappa shape index (κ2) is 9.25. The number of carbonyl (C=O) groups excluding carboxylic acids is 2. The van der Waals surface area contributed by atoms with Gasteiger partial charge in [-0.15, -0.1) is 0 Å². The number of likely N-dealkylation sites (tertiary alicyclic amines) is 1. The molecule has 2 fully saturated rings. The monoisotopic (exact) mass is 484 g/mol. The van der Waals surface area contributed by atoms with Gasteiger partial charge in [-0.1, -0.05) is 18.2 Å². The zero-order valence-corrected chi connectivity index (χ0v) is 19.7. The van der Waals surface area contributed by atoms with Gasteiger partial charge in [-0.05, 0) is 49.6 Å². The fourth-order valence-electron chi connectivity index (χ4n) is 5.41. The van der Waals surface area contributed by atoms with Crippen LogP contribution in [0, 0.1) is 29.6 Å². The zero-order chi connectivity index (χ0) is 25.4. The van der Waals surface area contributed by atoms with Crippen molar-refractivity contribution in [2.24, 2.45) is 11.3 Å². The molecule has 6 nitrogen and oxygen atoms in total. The molecule has 2 aromatic rings. The Morgan fingerprint density at radius 3 is 2.43 bits per heavy atom. The van der Waals surface area contributed by atoms with Crippen LogP contribution in [0.4, 0.5) is 18.9 Å². The van der Waals surface area contributed by atoms with E-state index in [4.69, 9.17) is 5.26 Å². The fraction of sp³-hybridized carbons (Fsp3) is 0.423. The molecule has 1 N–H and O–H groups in total. The number of amides is 2. The van der Waals surface area contributed by atoms with Gasteiger partial charge in [0.1, 0.15) is 0 Å². The van der Waals surface area contributed by atoms with Crippen LogP contribution in [0.3, 0.4) is 0 Å². The molecule has 0 aromatic heterocycles. The van der Waals surface area contributed by atoms with Crippen LogP contribution in [0.25, 0.3) is 0 Å². The molecule has 0 aliphatic carbocycles. The highest BCUT2D eigenvalue weighted by Gasteiger charge is 2.51. The molecule has 9 heteroatoms. The lowest BCUT2D eigenvalue weighted by Gasteiger charge is -2.42. The second-order valence-corrected chi connectivity index (χ2v) is 9.36. The van der Waals surface area contributed by atoms with Crippen LogP contribution in [0.2, 0.25) is 0 Å². The lowest BCUT2D eigenvalue weighted by molar-refractivity contribution is -0.137. The minimum absolute atomic E-state index is 0.0498. The number of nitrogens with zero attached hydrogens (tertiary/aromatic N) is 3. The van der Waals surface area contributed by atoms with Gasteiger partial charge in [-0.25, -0.2) is 0 Å². The minimum Gasteiger partial charge on any atom is -0.370 e. The SMILES string of the molecule is CNC(=O)C1CN(c2ccc(C#N)c(C(F)(F)F)c2)CC12CCN(C(=O)c1ccccc1C)CC2.